The molecule has 2 aliphatic rings. The number of sulfonamides is 1. The first-order valence-corrected chi connectivity index (χ1v) is 15.8. The Morgan fingerprint density at radius 3 is 2.67 bits per heavy atom. The van der Waals surface area contributed by atoms with E-state index in [-0.39, 0.29) is 36.3 Å². The Bertz CT molecular complexity index is 1510. The molecule has 0 saturated heterocycles. The molecule has 232 valence electrons. The fraction of sp³-hybridized carbons (Fsp3) is 0.452. The van der Waals surface area contributed by atoms with Crippen molar-refractivity contribution in [2.75, 3.05) is 40.5 Å². The zero-order valence-corrected chi connectivity index (χ0v) is 25.9. The Balaban J connectivity index is 1.71. The van der Waals surface area contributed by atoms with Crippen LogP contribution in [0.5, 0.6) is 0 Å². The molecule has 3 atom stereocenters. The van der Waals surface area contributed by atoms with Crippen LogP contribution in [0, 0.1) is 5.41 Å². The molecule has 2 aliphatic heterocycles. The molecular weight excluding hydrogens is 570 g/mol. The molecule has 0 saturated carbocycles. The highest BCUT2D eigenvalue weighted by Gasteiger charge is 2.38. The van der Waals surface area contributed by atoms with Gasteiger partial charge in [-0.3, -0.25) is 15.1 Å². The first-order chi connectivity index (χ1) is 20.4. The van der Waals surface area contributed by atoms with Gasteiger partial charge in [0.15, 0.2) is 0 Å². The molecule has 12 heteroatoms. The van der Waals surface area contributed by atoms with E-state index in [1.807, 2.05) is 26.1 Å². The van der Waals surface area contributed by atoms with E-state index in [4.69, 9.17) is 20.6 Å². The molecule has 0 radical (unpaired) electrons. The number of nitrogens with zero attached hydrogens (tertiary/aromatic N) is 2. The number of hydrogen-bond donors (Lipinski definition) is 3. The summed E-state index contributed by atoms with van der Waals surface area (Å²) in [4.78, 5) is 30.6. The molecule has 2 aromatic carbocycles. The number of carbonyl (C=O) groups is 2. The molecule has 2 aromatic rings. The Morgan fingerprint density at radius 1 is 1.21 bits per heavy atom. The van der Waals surface area contributed by atoms with Crippen LogP contribution >= 0.6 is 0 Å². The second-order valence-corrected chi connectivity index (χ2v) is 12.8. The van der Waals surface area contributed by atoms with Gasteiger partial charge in [0.25, 0.3) is 0 Å². The second-order valence-electron chi connectivity index (χ2n) is 11.1. The lowest BCUT2D eigenvalue weighted by Crippen LogP contribution is -2.56. The summed E-state index contributed by atoms with van der Waals surface area (Å²) in [7, 11) is -0.603. The lowest BCUT2D eigenvalue weighted by Gasteiger charge is -2.36. The van der Waals surface area contributed by atoms with Gasteiger partial charge in [-0.05, 0) is 75.0 Å². The third-order valence-corrected chi connectivity index (χ3v) is 9.49. The van der Waals surface area contributed by atoms with E-state index in [1.165, 1.54) is 4.90 Å². The summed E-state index contributed by atoms with van der Waals surface area (Å²) in [5.74, 6) is -1.23. The lowest BCUT2D eigenvalue weighted by atomic mass is 9.93. The van der Waals surface area contributed by atoms with Crippen LogP contribution < -0.4 is 10.5 Å². The van der Waals surface area contributed by atoms with Gasteiger partial charge < -0.3 is 20.1 Å². The van der Waals surface area contributed by atoms with E-state index in [1.54, 1.807) is 50.4 Å². The SMILES string of the molecule is CCOC(=O)[C@H]1CC(C)=CCN1C(=O)[C@H](Cc1cccc(C(=N)N)c1)NS(=O)(=O)c1ccc2c(c1)[C@H](COC)N(C)CC2. The molecule has 1 amide bonds. The number of ether oxygens (including phenoxy) is 2. The number of esters is 1. The third kappa shape index (κ3) is 7.50. The van der Waals surface area contributed by atoms with Gasteiger partial charge in [0.2, 0.25) is 15.9 Å². The van der Waals surface area contributed by atoms with E-state index in [0.717, 1.165) is 29.7 Å². The van der Waals surface area contributed by atoms with Crippen molar-refractivity contribution in [1.82, 2.24) is 14.5 Å². The Kier molecular flexibility index (Phi) is 10.4. The fourth-order valence-electron chi connectivity index (χ4n) is 5.65. The van der Waals surface area contributed by atoms with Crippen LogP contribution in [0.15, 0.2) is 59.0 Å². The highest BCUT2D eigenvalue weighted by molar-refractivity contribution is 7.89. The zero-order chi connectivity index (χ0) is 31.3. The molecule has 0 aromatic heterocycles. The monoisotopic (exact) mass is 611 g/mol. The van der Waals surface area contributed by atoms with E-state index < -0.39 is 34.0 Å². The highest BCUT2D eigenvalue weighted by Crippen LogP contribution is 2.31. The quantitative estimate of drug-likeness (QED) is 0.151. The number of fused-ring (bicyclic) bond motifs is 1. The van der Waals surface area contributed by atoms with Crippen LogP contribution in [0.25, 0.3) is 0 Å². The first kappa shape index (κ1) is 32.3. The van der Waals surface area contributed by atoms with Gasteiger partial charge in [-0.15, -0.1) is 0 Å². The van der Waals surface area contributed by atoms with Crippen LogP contribution in [0.2, 0.25) is 0 Å². The van der Waals surface area contributed by atoms with E-state index in [9.17, 15) is 18.0 Å². The van der Waals surface area contributed by atoms with Gasteiger partial charge in [0.1, 0.15) is 17.9 Å². The van der Waals surface area contributed by atoms with Crippen LogP contribution in [0.4, 0.5) is 0 Å². The number of carbonyl (C=O) groups excluding carboxylic acids is 2. The minimum Gasteiger partial charge on any atom is -0.464 e. The topological polar surface area (TPSA) is 155 Å². The normalized spacial score (nSPS) is 19.7. The molecule has 11 nitrogen and oxygen atoms in total. The van der Waals surface area contributed by atoms with Crippen molar-refractivity contribution in [3.8, 4) is 0 Å². The summed E-state index contributed by atoms with van der Waals surface area (Å²) < 4.78 is 41.2. The van der Waals surface area contributed by atoms with Crippen LogP contribution in [0.1, 0.15) is 48.6 Å². The largest absolute Gasteiger partial charge is 0.464 e. The average molecular weight is 612 g/mol. The summed E-state index contributed by atoms with van der Waals surface area (Å²) in [6.45, 7) is 5.11. The number of nitrogen functional groups attached to an aromatic ring is 1. The highest BCUT2D eigenvalue weighted by atomic mass is 32.2. The number of amidine groups is 1. The Hall–Kier alpha value is -3.58. The van der Waals surface area contributed by atoms with Gasteiger partial charge in [-0.25, -0.2) is 13.2 Å². The van der Waals surface area contributed by atoms with Crippen molar-refractivity contribution in [1.29, 1.82) is 5.41 Å². The molecule has 0 unspecified atom stereocenters. The number of nitrogens with two attached hydrogens (primary N) is 1. The summed E-state index contributed by atoms with van der Waals surface area (Å²) in [5.41, 5.74) is 9.62. The minimum atomic E-state index is -4.19. The number of likely N-dealkylation sites (N-methyl/N-ethyl adjacent to an activating group) is 1. The third-order valence-electron chi connectivity index (χ3n) is 8.02. The van der Waals surface area contributed by atoms with Crippen LogP contribution in [0.3, 0.4) is 0 Å². The molecule has 0 bridgehead atoms. The van der Waals surface area contributed by atoms with Gasteiger partial charge >= 0.3 is 5.97 Å². The standard InChI is InChI=1S/C31H41N5O6S/c1-5-42-31(38)27-15-20(2)11-14-36(27)30(37)26(17-21-7-6-8-23(16-21)29(32)33)34-43(39,40)24-10-9-22-12-13-35(3)28(19-41-4)25(22)18-24/h6-11,16,18,26-28,34H,5,12-15,17,19H2,1-4H3,(H3,32,33)/t26-,27+,28-/m0/s1. The van der Waals surface area contributed by atoms with Crippen molar-refractivity contribution < 1.29 is 27.5 Å². The number of rotatable bonds is 11. The molecule has 2 heterocycles. The molecule has 0 spiro atoms. The second kappa shape index (κ2) is 13.8. The van der Waals surface area contributed by atoms with Gasteiger partial charge in [0, 0.05) is 25.8 Å². The molecule has 4 rings (SSSR count). The number of hydrogen-bond acceptors (Lipinski definition) is 8. The van der Waals surface area contributed by atoms with Crippen LogP contribution in [-0.2, 0) is 41.9 Å². The Labute approximate surface area is 253 Å². The molecule has 0 aliphatic carbocycles. The summed E-state index contributed by atoms with van der Waals surface area (Å²) in [6, 6.07) is 9.58. The van der Waals surface area contributed by atoms with Gasteiger partial charge in [-0.2, -0.15) is 4.72 Å². The van der Waals surface area contributed by atoms with Crippen molar-refractivity contribution in [3.63, 3.8) is 0 Å². The predicted octanol–water partition coefficient (Wildman–Crippen LogP) is 2.15. The first-order valence-electron chi connectivity index (χ1n) is 14.4. The zero-order valence-electron chi connectivity index (χ0n) is 25.1. The van der Waals surface area contributed by atoms with Crippen LogP contribution in [-0.4, -0.2) is 88.5 Å². The molecule has 4 N–H and O–H groups in total. The molecule has 0 fully saturated rings. The number of benzene rings is 2. The minimum absolute atomic E-state index is 0.0199. The summed E-state index contributed by atoms with van der Waals surface area (Å²) in [5, 5.41) is 7.81. The maximum atomic E-state index is 14.1. The van der Waals surface area contributed by atoms with E-state index in [2.05, 4.69) is 9.62 Å². The van der Waals surface area contributed by atoms with Crippen molar-refractivity contribution in [2.45, 2.75) is 56.1 Å². The summed E-state index contributed by atoms with van der Waals surface area (Å²) in [6.07, 6.45) is 2.91. The number of methoxy groups -OCH3 is 1. The van der Waals surface area contributed by atoms with Gasteiger partial charge in [-0.1, -0.05) is 35.9 Å². The molecule has 43 heavy (non-hydrogen) atoms. The lowest BCUT2D eigenvalue weighted by molar-refractivity contribution is -0.155. The Morgan fingerprint density at radius 2 is 1.98 bits per heavy atom. The molecular formula is C31H41N5O6S. The maximum Gasteiger partial charge on any atom is 0.329 e. The predicted molar refractivity (Wildman–Crippen MR) is 163 cm³/mol. The summed E-state index contributed by atoms with van der Waals surface area (Å²) >= 11 is 0. The van der Waals surface area contributed by atoms with E-state index in [0.29, 0.717) is 24.2 Å². The average Bonchev–Trinajstić information content (AvgIpc) is 2.98. The van der Waals surface area contributed by atoms with Gasteiger partial charge in [0.05, 0.1) is 24.2 Å². The van der Waals surface area contributed by atoms with Crippen molar-refractivity contribution >= 4 is 27.7 Å². The van der Waals surface area contributed by atoms with E-state index >= 15 is 0 Å². The fourth-order valence-corrected chi connectivity index (χ4v) is 6.88. The van der Waals surface area contributed by atoms with Crippen molar-refractivity contribution in [3.05, 3.63) is 76.4 Å². The maximum absolute atomic E-state index is 14.1. The van der Waals surface area contributed by atoms with Crippen molar-refractivity contribution in [2.24, 2.45) is 5.73 Å². The number of amides is 1. The smallest absolute Gasteiger partial charge is 0.329 e. The number of nitrogens with one attached hydrogen (secondary N) is 2.